The Labute approximate surface area is 184 Å². The van der Waals surface area contributed by atoms with Gasteiger partial charge >= 0.3 is 5.97 Å². The zero-order valence-electron chi connectivity index (χ0n) is 15.8. The highest BCUT2D eigenvalue weighted by Crippen LogP contribution is 2.36. The molecule has 29 heavy (non-hydrogen) atoms. The number of rotatable bonds is 6. The van der Waals surface area contributed by atoms with Crippen LogP contribution in [-0.2, 0) is 11.2 Å². The summed E-state index contributed by atoms with van der Waals surface area (Å²) >= 11 is 14.2. The lowest BCUT2D eigenvalue weighted by atomic mass is 9.96. The van der Waals surface area contributed by atoms with Crippen molar-refractivity contribution in [1.82, 2.24) is 9.71 Å². The molecule has 1 aliphatic carbocycles. The lowest BCUT2D eigenvalue weighted by Gasteiger charge is -2.22. The Morgan fingerprint density at radius 3 is 2.69 bits per heavy atom. The Bertz CT molecular complexity index is 1040. The van der Waals surface area contributed by atoms with Gasteiger partial charge in [-0.05, 0) is 66.2 Å². The van der Waals surface area contributed by atoms with Crippen molar-refractivity contribution in [2.75, 3.05) is 0 Å². The molecule has 4 rings (SSSR count). The number of aliphatic carboxylic acids is 1. The number of carbonyl (C=O) groups is 1. The van der Waals surface area contributed by atoms with Crippen molar-refractivity contribution in [1.29, 1.82) is 0 Å². The van der Waals surface area contributed by atoms with Crippen molar-refractivity contribution < 1.29 is 9.90 Å². The first-order valence-corrected chi connectivity index (χ1v) is 11.3. The molecule has 1 saturated carbocycles. The van der Waals surface area contributed by atoms with Crippen LogP contribution < -0.4 is 4.72 Å². The Hall–Kier alpha value is -1.66. The summed E-state index contributed by atoms with van der Waals surface area (Å²) in [6.45, 7) is 0. The van der Waals surface area contributed by atoms with E-state index in [1.807, 2.05) is 30.3 Å². The van der Waals surface area contributed by atoms with Crippen LogP contribution in [0, 0.1) is 0 Å². The molecule has 152 valence electrons. The summed E-state index contributed by atoms with van der Waals surface area (Å²) in [4.78, 5) is 15.8. The molecule has 7 heteroatoms. The summed E-state index contributed by atoms with van der Waals surface area (Å²) in [5.41, 5.74) is 3.30. The molecule has 3 N–H and O–H groups in total. The predicted molar refractivity (Wildman–Crippen MR) is 121 cm³/mol. The summed E-state index contributed by atoms with van der Waals surface area (Å²) in [5, 5.41) is 11.5. The van der Waals surface area contributed by atoms with E-state index in [1.165, 1.54) is 32.1 Å². The third-order valence-electron chi connectivity index (χ3n) is 5.36. The maximum absolute atomic E-state index is 11.5. The standard InChI is InChI=1S/C22H22Cl2N2O2S/c23-14-7-9-19-16(11-14)17(12-21(27)28)22(25-19)13-6-8-18(24)20(10-13)29-26-15-4-2-1-3-5-15/h6-11,15,25-26H,1-5,12H2,(H,27,28). The second kappa shape index (κ2) is 9.00. The Kier molecular flexibility index (Phi) is 6.40. The van der Waals surface area contributed by atoms with E-state index in [2.05, 4.69) is 9.71 Å². The normalized spacial score (nSPS) is 15.1. The SMILES string of the molecule is O=C(O)Cc1c(-c2ccc(Cl)c(SNC3CCCCC3)c2)[nH]c2ccc(Cl)cc12. The van der Waals surface area contributed by atoms with Gasteiger partial charge < -0.3 is 10.1 Å². The fourth-order valence-electron chi connectivity index (χ4n) is 3.91. The van der Waals surface area contributed by atoms with Gasteiger partial charge in [-0.1, -0.05) is 48.5 Å². The highest BCUT2D eigenvalue weighted by Gasteiger charge is 2.18. The monoisotopic (exact) mass is 448 g/mol. The first-order chi connectivity index (χ1) is 14.0. The van der Waals surface area contributed by atoms with Crippen LogP contribution in [0.25, 0.3) is 22.2 Å². The molecule has 0 bridgehead atoms. The van der Waals surface area contributed by atoms with Crippen molar-refractivity contribution in [2.45, 2.75) is 49.5 Å². The molecule has 0 aliphatic heterocycles. The fraction of sp³-hybridized carbons (Fsp3) is 0.318. The Morgan fingerprint density at radius 1 is 1.14 bits per heavy atom. The van der Waals surface area contributed by atoms with E-state index in [0.717, 1.165) is 32.6 Å². The number of carboxylic acid groups (broad SMARTS) is 1. The molecule has 0 saturated heterocycles. The molecule has 1 fully saturated rings. The van der Waals surface area contributed by atoms with Gasteiger partial charge in [0.15, 0.2) is 0 Å². The number of nitrogens with one attached hydrogen (secondary N) is 2. The van der Waals surface area contributed by atoms with E-state index in [1.54, 1.807) is 18.0 Å². The van der Waals surface area contributed by atoms with Gasteiger partial charge in [0.05, 0.1) is 17.1 Å². The van der Waals surface area contributed by atoms with Gasteiger partial charge in [-0.15, -0.1) is 0 Å². The number of H-pyrrole nitrogens is 1. The van der Waals surface area contributed by atoms with Crippen molar-refractivity contribution in [3.8, 4) is 11.3 Å². The largest absolute Gasteiger partial charge is 0.481 e. The van der Waals surface area contributed by atoms with Gasteiger partial charge in [0, 0.05) is 26.9 Å². The quantitative estimate of drug-likeness (QED) is 0.367. The number of halogens is 2. The van der Waals surface area contributed by atoms with E-state index < -0.39 is 5.97 Å². The van der Waals surface area contributed by atoms with E-state index in [4.69, 9.17) is 23.2 Å². The molecule has 0 atom stereocenters. The molecule has 0 spiro atoms. The summed E-state index contributed by atoms with van der Waals surface area (Å²) in [7, 11) is 0. The lowest BCUT2D eigenvalue weighted by Crippen LogP contribution is -2.25. The Balaban J connectivity index is 1.68. The lowest BCUT2D eigenvalue weighted by molar-refractivity contribution is -0.136. The maximum atomic E-state index is 11.5. The number of benzene rings is 2. The number of hydrogen-bond donors (Lipinski definition) is 3. The number of carboxylic acids is 1. The van der Waals surface area contributed by atoms with Gasteiger partial charge in [0.1, 0.15) is 0 Å². The molecule has 1 aliphatic rings. The molecule has 0 radical (unpaired) electrons. The number of aromatic amines is 1. The van der Waals surface area contributed by atoms with Crippen LogP contribution in [0.2, 0.25) is 10.0 Å². The predicted octanol–water partition coefficient (Wildman–Crippen LogP) is 6.70. The average molecular weight is 449 g/mol. The first kappa shape index (κ1) is 20.6. The third-order valence-corrected chi connectivity index (χ3v) is 7.04. The summed E-state index contributed by atoms with van der Waals surface area (Å²) in [5.74, 6) is -0.880. The van der Waals surface area contributed by atoms with Crippen molar-refractivity contribution in [2.24, 2.45) is 0 Å². The zero-order valence-corrected chi connectivity index (χ0v) is 18.1. The van der Waals surface area contributed by atoms with Crippen molar-refractivity contribution in [3.63, 3.8) is 0 Å². The fourth-order valence-corrected chi connectivity index (χ4v) is 5.19. The molecule has 1 heterocycles. The minimum absolute atomic E-state index is 0.0822. The van der Waals surface area contributed by atoms with Crippen LogP contribution in [-0.4, -0.2) is 22.1 Å². The minimum Gasteiger partial charge on any atom is -0.481 e. The van der Waals surface area contributed by atoms with Crippen molar-refractivity contribution in [3.05, 3.63) is 52.0 Å². The number of fused-ring (bicyclic) bond motifs is 1. The minimum atomic E-state index is -0.880. The maximum Gasteiger partial charge on any atom is 0.307 e. The summed E-state index contributed by atoms with van der Waals surface area (Å²) < 4.78 is 3.55. The third kappa shape index (κ3) is 4.75. The number of hydrogen-bond acceptors (Lipinski definition) is 3. The Morgan fingerprint density at radius 2 is 1.93 bits per heavy atom. The molecule has 1 aromatic heterocycles. The number of aromatic nitrogens is 1. The van der Waals surface area contributed by atoms with E-state index in [0.29, 0.717) is 16.1 Å². The van der Waals surface area contributed by atoms with E-state index in [-0.39, 0.29) is 6.42 Å². The second-order valence-corrected chi connectivity index (χ2v) is 9.16. The van der Waals surface area contributed by atoms with E-state index in [9.17, 15) is 9.90 Å². The molecular weight excluding hydrogens is 427 g/mol. The van der Waals surface area contributed by atoms with Gasteiger partial charge in [0.2, 0.25) is 0 Å². The van der Waals surface area contributed by atoms with Crippen LogP contribution >= 0.6 is 35.1 Å². The molecular formula is C22H22Cl2N2O2S. The van der Waals surface area contributed by atoms with Crippen LogP contribution in [0.1, 0.15) is 37.7 Å². The zero-order chi connectivity index (χ0) is 20.4. The average Bonchev–Trinajstić information content (AvgIpc) is 3.05. The molecule has 4 nitrogen and oxygen atoms in total. The smallest absolute Gasteiger partial charge is 0.307 e. The topological polar surface area (TPSA) is 65.1 Å². The van der Waals surface area contributed by atoms with Crippen LogP contribution in [0.3, 0.4) is 0 Å². The van der Waals surface area contributed by atoms with Crippen LogP contribution in [0.15, 0.2) is 41.3 Å². The van der Waals surface area contributed by atoms with Crippen molar-refractivity contribution >= 4 is 52.0 Å². The van der Waals surface area contributed by atoms with Crippen LogP contribution in [0.4, 0.5) is 0 Å². The summed E-state index contributed by atoms with van der Waals surface area (Å²) in [6.07, 6.45) is 6.15. The van der Waals surface area contributed by atoms with Crippen LogP contribution in [0.5, 0.6) is 0 Å². The van der Waals surface area contributed by atoms with E-state index >= 15 is 0 Å². The molecule has 2 aromatic carbocycles. The summed E-state index contributed by atoms with van der Waals surface area (Å²) in [6, 6.07) is 11.8. The van der Waals surface area contributed by atoms with Gasteiger partial charge in [-0.25, -0.2) is 0 Å². The molecule has 3 aromatic rings. The highest BCUT2D eigenvalue weighted by atomic mass is 35.5. The van der Waals surface area contributed by atoms with Gasteiger partial charge in [-0.3, -0.25) is 9.52 Å². The molecule has 0 amide bonds. The highest BCUT2D eigenvalue weighted by molar-refractivity contribution is 7.97. The van der Waals surface area contributed by atoms with Gasteiger partial charge in [-0.2, -0.15) is 0 Å². The second-order valence-electron chi connectivity index (χ2n) is 7.44. The molecule has 0 unspecified atom stereocenters. The first-order valence-electron chi connectivity index (χ1n) is 9.75. The van der Waals surface area contributed by atoms with Gasteiger partial charge in [0.25, 0.3) is 0 Å².